The van der Waals surface area contributed by atoms with Crippen LogP contribution in [0.25, 0.3) is 0 Å². The summed E-state index contributed by atoms with van der Waals surface area (Å²) in [6, 6.07) is 8.94. The van der Waals surface area contributed by atoms with E-state index in [0.717, 1.165) is 36.9 Å². The zero-order valence-electron chi connectivity index (χ0n) is 15.2. The maximum Gasteiger partial charge on any atom is 0.224 e. The topological polar surface area (TPSA) is 32.3 Å². The molecule has 0 radical (unpaired) electrons. The largest absolute Gasteiger partial charge is 0.353 e. The molecule has 2 fully saturated rings. The van der Waals surface area contributed by atoms with Crippen molar-refractivity contribution in [1.29, 1.82) is 0 Å². The lowest BCUT2D eigenvalue weighted by molar-refractivity contribution is -0.127. The second kappa shape index (κ2) is 9.72. The van der Waals surface area contributed by atoms with Crippen molar-refractivity contribution in [3.8, 4) is 0 Å². The first-order chi connectivity index (χ1) is 12.2. The van der Waals surface area contributed by atoms with Crippen molar-refractivity contribution in [1.82, 2.24) is 10.2 Å². The van der Waals surface area contributed by atoms with Gasteiger partial charge in [0, 0.05) is 23.6 Å². The molecule has 1 aromatic rings. The monoisotopic (exact) mass is 406 g/mol. The smallest absolute Gasteiger partial charge is 0.224 e. The molecule has 0 spiro atoms. The minimum Gasteiger partial charge on any atom is -0.353 e. The van der Waals surface area contributed by atoms with Crippen LogP contribution in [0.1, 0.15) is 63.4 Å². The van der Waals surface area contributed by atoms with Gasteiger partial charge in [-0.25, -0.2) is 0 Å². The first-order valence-corrected chi connectivity index (χ1v) is 10.8. The summed E-state index contributed by atoms with van der Waals surface area (Å²) < 4.78 is 1.12. The van der Waals surface area contributed by atoms with Crippen LogP contribution in [0.4, 0.5) is 0 Å². The predicted molar refractivity (Wildman–Crippen MR) is 106 cm³/mol. The highest BCUT2D eigenvalue weighted by Crippen LogP contribution is 2.22. The van der Waals surface area contributed by atoms with Crippen LogP contribution in [0.2, 0.25) is 0 Å². The van der Waals surface area contributed by atoms with Crippen molar-refractivity contribution in [2.45, 2.75) is 70.4 Å². The molecular formula is C21H31BrN2O. The minimum atomic E-state index is 0.162. The summed E-state index contributed by atoms with van der Waals surface area (Å²) in [5.74, 6) is 0.459. The van der Waals surface area contributed by atoms with Gasteiger partial charge in [-0.05, 0) is 49.9 Å². The average Bonchev–Trinajstić information content (AvgIpc) is 2.59. The molecule has 1 unspecified atom stereocenters. The normalized spacial score (nSPS) is 23.6. The fourth-order valence-corrected chi connectivity index (χ4v) is 4.45. The lowest BCUT2D eigenvalue weighted by Crippen LogP contribution is -2.45. The minimum absolute atomic E-state index is 0.162. The molecule has 1 amide bonds. The highest BCUT2D eigenvalue weighted by atomic mass is 79.9. The Kier molecular flexibility index (Phi) is 7.35. The number of hydrogen-bond donors (Lipinski definition) is 1. The molecule has 3 rings (SSSR count). The molecule has 1 N–H and O–H groups in total. The quantitative estimate of drug-likeness (QED) is 0.771. The van der Waals surface area contributed by atoms with E-state index in [0.29, 0.717) is 11.9 Å². The molecule has 1 saturated heterocycles. The van der Waals surface area contributed by atoms with Crippen molar-refractivity contribution in [2.75, 3.05) is 13.1 Å². The molecule has 1 aromatic carbocycles. The number of rotatable bonds is 4. The molecule has 0 aromatic heterocycles. The van der Waals surface area contributed by atoms with Gasteiger partial charge in [-0.3, -0.25) is 9.69 Å². The maximum absolute atomic E-state index is 12.8. The van der Waals surface area contributed by atoms with E-state index in [2.05, 4.69) is 50.4 Å². The van der Waals surface area contributed by atoms with E-state index >= 15 is 0 Å². The van der Waals surface area contributed by atoms with Gasteiger partial charge in [0.25, 0.3) is 0 Å². The molecule has 2 aliphatic rings. The standard InChI is InChI=1S/C21H31BrN2O/c22-19-12-10-17(11-13-19)15-24-14-6-7-18(16-24)21(25)23-20-8-4-2-1-3-5-9-20/h10-13,18,20H,1-9,14-16H2,(H,23,25). The van der Waals surface area contributed by atoms with E-state index in [9.17, 15) is 4.79 Å². The molecule has 25 heavy (non-hydrogen) atoms. The van der Waals surface area contributed by atoms with E-state index in [1.807, 2.05) is 0 Å². The Morgan fingerprint density at radius 2 is 1.68 bits per heavy atom. The summed E-state index contributed by atoms with van der Waals surface area (Å²) >= 11 is 3.49. The zero-order chi connectivity index (χ0) is 17.5. The van der Waals surface area contributed by atoms with Gasteiger partial charge in [-0.2, -0.15) is 0 Å². The fourth-order valence-electron chi connectivity index (χ4n) is 4.18. The highest BCUT2D eigenvalue weighted by molar-refractivity contribution is 9.10. The van der Waals surface area contributed by atoms with E-state index in [1.54, 1.807) is 0 Å². The SMILES string of the molecule is O=C(NC1CCCCCCC1)C1CCCN(Cc2ccc(Br)cc2)C1. The van der Waals surface area contributed by atoms with Crippen LogP contribution < -0.4 is 5.32 Å². The van der Waals surface area contributed by atoms with Crippen LogP contribution in [0.5, 0.6) is 0 Å². The number of nitrogens with zero attached hydrogens (tertiary/aromatic N) is 1. The Balaban J connectivity index is 1.49. The third-order valence-electron chi connectivity index (χ3n) is 5.65. The Bertz CT molecular complexity index is 537. The molecule has 1 aliphatic heterocycles. The van der Waals surface area contributed by atoms with Crippen LogP contribution >= 0.6 is 15.9 Å². The molecule has 138 valence electrons. The van der Waals surface area contributed by atoms with Gasteiger partial charge in [0.1, 0.15) is 0 Å². The summed E-state index contributed by atoms with van der Waals surface area (Å²) in [7, 11) is 0. The summed E-state index contributed by atoms with van der Waals surface area (Å²) in [4.78, 5) is 15.2. The highest BCUT2D eigenvalue weighted by Gasteiger charge is 2.27. The Morgan fingerprint density at radius 1 is 1.00 bits per heavy atom. The van der Waals surface area contributed by atoms with Crippen LogP contribution in [0.15, 0.2) is 28.7 Å². The van der Waals surface area contributed by atoms with E-state index in [4.69, 9.17) is 0 Å². The zero-order valence-corrected chi connectivity index (χ0v) is 16.8. The summed E-state index contributed by atoms with van der Waals surface area (Å²) in [6.07, 6.45) is 11.1. The Hall–Kier alpha value is -0.870. The Morgan fingerprint density at radius 3 is 2.40 bits per heavy atom. The van der Waals surface area contributed by atoms with E-state index < -0.39 is 0 Å². The third kappa shape index (κ3) is 6.10. The van der Waals surface area contributed by atoms with E-state index in [1.165, 1.54) is 50.5 Å². The van der Waals surface area contributed by atoms with Crippen molar-refractivity contribution in [2.24, 2.45) is 5.92 Å². The molecule has 0 bridgehead atoms. The first kappa shape index (κ1) is 18.9. The van der Waals surface area contributed by atoms with Crippen molar-refractivity contribution in [3.05, 3.63) is 34.3 Å². The lowest BCUT2D eigenvalue weighted by atomic mass is 9.93. The van der Waals surface area contributed by atoms with Gasteiger partial charge >= 0.3 is 0 Å². The number of carbonyl (C=O) groups excluding carboxylic acids is 1. The van der Waals surface area contributed by atoms with Crippen LogP contribution in [0.3, 0.4) is 0 Å². The number of amides is 1. The second-order valence-electron chi connectivity index (χ2n) is 7.75. The van der Waals surface area contributed by atoms with Gasteiger partial charge in [0.2, 0.25) is 5.91 Å². The number of carbonyl (C=O) groups is 1. The number of benzene rings is 1. The molecule has 1 saturated carbocycles. The summed E-state index contributed by atoms with van der Waals surface area (Å²) in [5, 5.41) is 3.38. The molecule has 1 atom stereocenters. The van der Waals surface area contributed by atoms with Gasteiger partial charge < -0.3 is 5.32 Å². The number of hydrogen-bond acceptors (Lipinski definition) is 2. The average molecular weight is 407 g/mol. The van der Waals surface area contributed by atoms with Crippen LogP contribution in [-0.4, -0.2) is 29.9 Å². The van der Waals surface area contributed by atoms with Gasteiger partial charge in [-0.15, -0.1) is 0 Å². The number of halogens is 1. The first-order valence-electron chi connectivity index (χ1n) is 9.98. The van der Waals surface area contributed by atoms with Crippen molar-refractivity contribution in [3.63, 3.8) is 0 Å². The molecule has 1 heterocycles. The van der Waals surface area contributed by atoms with Gasteiger partial charge in [0.15, 0.2) is 0 Å². The number of piperidine rings is 1. The van der Waals surface area contributed by atoms with Gasteiger partial charge in [-0.1, -0.05) is 60.2 Å². The summed E-state index contributed by atoms with van der Waals surface area (Å²) in [6.45, 7) is 2.94. The summed E-state index contributed by atoms with van der Waals surface area (Å²) in [5.41, 5.74) is 1.32. The van der Waals surface area contributed by atoms with Crippen LogP contribution in [-0.2, 0) is 11.3 Å². The molecule has 4 heteroatoms. The van der Waals surface area contributed by atoms with Crippen LogP contribution in [0, 0.1) is 5.92 Å². The maximum atomic E-state index is 12.8. The Labute approximate surface area is 160 Å². The number of nitrogens with one attached hydrogen (secondary N) is 1. The van der Waals surface area contributed by atoms with E-state index in [-0.39, 0.29) is 5.92 Å². The number of likely N-dealkylation sites (tertiary alicyclic amines) is 1. The molecule has 1 aliphatic carbocycles. The molecular weight excluding hydrogens is 376 g/mol. The second-order valence-corrected chi connectivity index (χ2v) is 8.67. The lowest BCUT2D eigenvalue weighted by Gasteiger charge is -2.33. The third-order valence-corrected chi connectivity index (χ3v) is 6.18. The van der Waals surface area contributed by atoms with Crippen molar-refractivity contribution < 1.29 is 4.79 Å². The fraction of sp³-hybridized carbons (Fsp3) is 0.667. The molecule has 3 nitrogen and oxygen atoms in total. The van der Waals surface area contributed by atoms with Crippen molar-refractivity contribution >= 4 is 21.8 Å². The van der Waals surface area contributed by atoms with Gasteiger partial charge in [0.05, 0.1) is 5.92 Å². The predicted octanol–water partition coefficient (Wildman–Crippen LogP) is 4.89.